The van der Waals surface area contributed by atoms with Gasteiger partial charge in [0.25, 0.3) is 0 Å². The minimum absolute atomic E-state index is 0.197. The standard InChI is InChI=1S/C10H12ClNO2/c1-7(12-10(13)14)9-4-2-8(6-11)3-5-9/h2-5,7,12H,6H2,1H3,(H,13,14). The first-order chi connectivity index (χ1) is 6.63. The summed E-state index contributed by atoms with van der Waals surface area (Å²) in [4.78, 5) is 10.4. The van der Waals surface area contributed by atoms with Crippen molar-refractivity contribution in [1.82, 2.24) is 5.32 Å². The molecule has 0 fully saturated rings. The maximum absolute atomic E-state index is 10.4. The molecule has 0 heterocycles. The Balaban J connectivity index is 2.71. The molecule has 0 saturated carbocycles. The highest BCUT2D eigenvalue weighted by atomic mass is 35.5. The van der Waals surface area contributed by atoms with E-state index in [2.05, 4.69) is 5.32 Å². The van der Waals surface area contributed by atoms with Crippen LogP contribution < -0.4 is 5.32 Å². The molecule has 14 heavy (non-hydrogen) atoms. The Hall–Kier alpha value is -1.22. The summed E-state index contributed by atoms with van der Waals surface area (Å²) in [6, 6.07) is 7.33. The van der Waals surface area contributed by atoms with E-state index < -0.39 is 6.09 Å². The van der Waals surface area contributed by atoms with E-state index in [4.69, 9.17) is 16.7 Å². The van der Waals surface area contributed by atoms with Crippen LogP contribution in [0.1, 0.15) is 24.1 Å². The highest BCUT2D eigenvalue weighted by Gasteiger charge is 2.06. The molecule has 0 aliphatic rings. The Morgan fingerprint density at radius 3 is 2.50 bits per heavy atom. The average Bonchev–Trinajstić information content (AvgIpc) is 2.17. The minimum atomic E-state index is -1.01. The summed E-state index contributed by atoms with van der Waals surface area (Å²) in [5.41, 5.74) is 1.96. The van der Waals surface area contributed by atoms with Crippen LogP contribution >= 0.6 is 11.6 Å². The van der Waals surface area contributed by atoms with Crippen molar-refractivity contribution in [3.63, 3.8) is 0 Å². The molecule has 3 nitrogen and oxygen atoms in total. The third-order valence-corrected chi connectivity index (χ3v) is 2.28. The third kappa shape index (κ3) is 2.92. The Bertz CT molecular complexity index is 310. The second kappa shape index (κ2) is 4.86. The van der Waals surface area contributed by atoms with E-state index in [-0.39, 0.29) is 6.04 Å². The van der Waals surface area contributed by atoms with E-state index in [1.54, 1.807) is 6.92 Å². The Morgan fingerprint density at radius 2 is 2.07 bits per heavy atom. The van der Waals surface area contributed by atoms with E-state index >= 15 is 0 Å². The fraction of sp³-hybridized carbons (Fsp3) is 0.300. The van der Waals surface area contributed by atoms with Crippen molar-refractivity contribution in [3.05, 3.63) is 35.4 Å². The molecule has 1 rings (SSSR count). The summed E-state index contributed by atoms with van der Waals surface area (Å²) in [5.74, 6) is 0.473. The van der Waals surface area contributed by atoms with Gasteiger partial charge in [-0.05, 0) is 18.1 Å². The van der Waals surface area contributed by atoms with Crippen LogP contribution in [0.2, 0.25) is 0 Å². The Labute approximate surface area is 87.7 Å². The summed E-state index contributed by atoms with van der Waals surface area (Å²) in [6.07, 6.45) is -1.01. The van der Waals surface area contributed by atoms with Crippen molar-refractivity contribution >= 4 is 17.7 Å². The van der Waals surface area contributed by atoms with Gasteiger partial charge in [-0.2, -0.15) is 0 Å². The number of halogens is 1. The molecule has 0 bridgehead atoms. The lowest BCUT2D eigenvalue weighted by atomic mass is 10.1. The molecule has 0 saturated heterocycles. The Kier molecular flexibility index (Phi) is 3.77. The van der Waals surface area contributed by atoms with E-state index in [0.717, 1.165) is 11.1 Å². The van der Waals surface area contributed by atoms with Gasteiger partial charge in [0.15, 0.2) is 0 Å². The van der Waals surface area contributed by atoms with Crippen LogP contribution in [-0.4, -0.2) is 11.2 Å². The van der Waals surface area contributed by atoms with Gasteiger partial charge in [-0.3, -0.25) is 0 Å². The van der Waals surface area contributed by atoms with Gasteiger partial charge in [-0.1, -0.05) is 24.3 Å². The monoisotopic (exact) mass is 213 g/mol. The lowest BCUT2D eigenvalue weighted by Crippen LogP contribution is -2.24. The SMILES string of the molecule is CC(NC(=O)O)c1ccc(CCl)cc1. The first kappa shape index (κ1) is 10.9. The second-order valence-corrected chi connectivity index (χ2v) is 3.31. The fourth-order valence-corrected chi connectivity index (χ4v) is 1.34. The molecule has 1 aromatic carbocycles. The van der Waals surface area contributed by atoms with Crippen LogP contribution in [0.3, 0.4) is 0 Å². The van der Waals surface area contributed by atoms with E-state index in [1.807, 2.05) is 24.3 Å². The molecule has 1 aromatic rings. The lowest BCUT2D eigenvalue weighted by molar-refractivity contribution is 0.191. The van der Waals surface area contributed by atoms with Gasteiger partial charge in [-0.25, -0.2) is 4.79 Å². The zero-order valence-corrected chi connectivity index (χ0v) is 8.58. The van der Waals surface area contributed by atoms with Crippen molar-refractivity contribution in [2.24, 2.45) is 0 Å². The number of benzene rings is 1. The molecule has 0 radical (unpaired) electrons. The highest BCUT2D eigenvalue weighted by molar-refractivity contribution is 6.17. The van der Waals surface area contributed by atoms with Crippen LogP contribution in [-0.2, 0) is 5.88 Å². The number of alkyl halides is 1. The number of rotatable bonds is 3. The van der Waals surface area contributed by atoms with E-state index in [0.29, 0.717) is 5.88 Å². The van der Waals surface area contributed by atoms with Crippen molar-refractivity contribution in [2.45, 2.75) is 18.8 Å². The average molecular weight is 214 g/mol. The largest absolute Gasteiger partial charge is 0.465 e. The van der Waals surface area contributed by atoms with E-state index in [9.17, 15) is 4.79 Å². The molecule has 0 aliphatic heterocycles. The molecule has 1 unspecified atom stereocenters. The molecular weight excluding hydrogens is 202 g/mol. The van der Waals surface area contributed by atoms with Crippen molar-refractivity contribution in [2.75, 3.05) is 0 Å². The third-order valence-electron chi connectivity index (χ3n) is 1.97. The maximum atomic E-state index is 10.4. The van der Waals surface area contributed by atoms with Crippen LogP contribution in [0.4, 0.5) is 4.79 Å². The van der Waals surface area contributed by atoms with Crippen LogP contribution in [0, 0.1) is 0 Å². The second-order valence-electron chi connectivity index (χ2n) is 3.05. The smallest absolute Gasteiger partial charge is 0.405 e. The van der Waals surface area contributed by atoms with Crippen molar-refractivity contribution in [1.29, 1.82) is 0 Å². The fourth-order valence-electron chi connectivity index (χ4n) is 1.16. The van der Waals surface area contributed by atoms with Crippen LogP contribution in [0.5, 0.6) is 0 Å². The van der Waals surface area contributed by atoms with Crippen molar-refractivity contribution < 1.29 is 9.90 Å². The number of hydrogen-bond donors (Lipinski definition) is 2. The highest BCUT2D eigenvalue weighted by Crippen LogP contribution is 2.14. The van der Waals surface area contributed by atoms with Gasteiger partial charge in [0.2, 0.25) is 0 Å². The maximum Gasteiger partial charge on any atom is 0.405 e. The van der Waals surface area contributed by atoms with Gasteiger partial charge in [0, 0.05) is 5.88 Å². The number of carbonyl (C=O) groups is 1. The number of amides is 1. The molecule has 0 aliphatic carbocycles. The topological polar surface area (TPSA) is 49.3 Å². The number of nitrogens with one attached hydrogen (secondary N) is 1. The van der Waals surface area contributed by atoms with Crippen LogP contribution in [0.25, 0.3) is 0 Å². The molecule has 0 aromatic heterocycles. The number of carboxylic acid groups (broad SMARTS) is 1. The quantitative estimate of drug-likeness (QED) is 0.759. The summed E-state index contributed by atoms with van der Waals surface area (Å²) >= 11 is 5.63. The molecule has 4 heteroatoms. The normalized spacial score (nSPS) is 12.1. The van der Waals surface area contributed by atoms with Crippen molar-refractivity contribution in [3.8, 4) is 0 Å². The van der Waals surface area contributed by atoms with Gasteiger partial charge in [0.1, 0.15) is 0 Å². The molecule has 0 spiro atoms. The lowest BCUT2D eigenvalue weighted by Gasteiger charge is -2.11. The summed E-state index contributed by atoms with van der Waals surface area (Å²) in [6.45, 7) is 1.80. The zero-order chi connectivity index (χ0) is 10.6. The summed E-state index contributed by atoms with van der Waals surface area (Å²) < 4.78 is 0. The summed E-state index contributed by atoms with van der Waals surface area (Å²) in [7, 11) is 0. The van der Waals surface area contributed by atoms with Gasteiger partial charge >= 0.3 is 6.09 Å². The molecule has 2 N–H and O–H groups in total. The Morgan fingerprint density at radius 1 is 1.50 bits per heavy atom. The number of hydrogen-bond acceptors (Lipinski definition) is 1. The van der Waals surface area contributed by atoms with E-state index in [1.165, 1.54) is 0 Å². The van der Waals surface area contributed by atoms with Gasteiger partial charge in [0.05, 0.1) is 6.04 Å². The first-order valence-corrected chi connectivity index (χ1v) is 4.81. The van der Waals surface area contributed by atoms with Gasteiger partial charge in [-0.15, -0.1) is 11.6 Å². The first-order valence-electron chi connectivity index (χ1n) is 4.27. The summed E-state index contributed by atoms with van der Waals surface area (Å²) in [5, 5.41) is 10.9. The predicted molar refractivity (Wildman–Crippen MR) is 55.6 cm³/mol. The molecule has 1 atom stereocenters. The van der Waals surface area contributed by atoms with Crippen LogP contribution in [0.15, 0.2) is 24.3 Å². The zero-order valence-electron chi connectivity index (χ0n) is 7.83. The predicted octanol–water partition coefficient (Wildman–Crippen LogP) is 2.75. The van der Waals surface area contributed by atoms with Gasteiger partial charge < -0.3 is 10.4 Å². The molecular formula is C10H12ClNO2. The molecule has 76 valence electrons. The molecule has 1 amide bonds. The minimum Gasteiger partial charge on any atom is -0.465 e.